The molecular formula is C32H39N5O4S. The average Bonchev–Trinajstić information content (AvgIpc) is 3.34. The number of carbonyl (C=O) groups excluding carboxylic acids is 1. The van der Waals surface area contributed by atoms with Gasteiger partial charge in [-0.2, -0.15) is 0 Å². The van der Waals surface area contributed by atoms with Crippen LogP contribution in [-0.4, -0.2) is 71.1 Å². The molecule has 2 aliphatic carbocycles. The van der Waals surface area contributed by atoms with Gasteiger partial charge in [0, 0.05) is 49.4 Å². The Bertz CT molecular complexity index is 1820. The molecule has 7 rings (SSSR count). The number of benzene rings is 2. The van der Waals surface area contributed by atoms with Gasteiger partial charge < -0.3 is 24.5 Å². The molecule has 2 saturated carbocycles. The van der Waals surface area contributed by atoms with Gasteiger partial charge in [0.05, 0.1) is 29.6 Å². The molecule has 2 aromatic carbocycles. The molecule has 1 saturated heterocycles. The van der Waals surface area contributed by atoms with Crippen LogP contribution in [0.1, 0.15) is 48.0 Å². The second-order valence-corrected chi connectivity index (χ2v) is 14.9. The minimum atomic E-state index is -3.02. The molecule has 2 N–H and O–H groups in total. The molecule has 10 heteroatoms. The second-order valence-electron chi connectivity index (χ2n) is 12.7. The van der Waals surface area contributed by atoms with Crippen molar-refractivity contribution in [2.45, 2.75) is 57.2 Å². The molecule has 42 heavy (non-hydrogen) atoms. The summed E-state index contributed by atoms with van der Waals surface area (Å²) in [6.07, 6.45) is 7.05. The van der Waals surface area contributed by atoms with E-state index >= 15 is 0 Å². The molecule has 0 spiro atoms. The Morgan fingerprint density at radius 1 is 1.12 bits per heavy atom. The van der Waals surface area contributed by atoms with Crippen molar-refractivity contribution in [1.29, 1.82) is 0 Å². The number of ether oxygens (including phenoxy) is 1. The van der Waals surface area contributed by atoms with Gasteiger partial charge in [-0.05, 0) is 74.1 Å². The molecule has 0 radical (unpaired) electrons. The number of fused-ring (bicyclic) bond motifs is 4. The smallest absolute Gasteiger partial charge is 0.254 e. The highest BCUT2D eigenvalue weighted by molar-refractivity contribution is 7.90. The van der Waals surface area contributed by atoms with E-state index in [1.54, 1.807) is 7.11 Å². The van der Waals surface area contributed by atoms with Crippen LogP contribution in [0.3, 0.4) is 0 Å². The second kappa shape index (κ2) is 10.1. The van der Waals surface area contributed by atoms with Crippen molar-refractivity contribution >= 4 is 37.7 Å². The van der Waals surface area contributed by atoms with Gasteiger partial charge in [-0.25, -0.2) is 13.4 Å². The minimum absolute atomic E-state index is 0.00774. The first kappa shape index (κ1) is 27.5. The number of amides is 1. The zero-order valence-electron chi connectivity index (χ0n) is 24.5. The van der Waals surface area contributed by atoms with Crippen molar-refractivity contribution in [2.75, 3.05) is 25.7 Å². The van der Waals surface area contributed by atoms with Crippen molar-refractivity contribution in [3.05, 3.63) is 47.5 Å². The summed E-state index contributed by atoms with van der Waals surface area (Å²) in [6.45, 7) is 1.61. The fourth-order valence-electron chi connectivity index (χ4n) is 7.33. The number of hydrogen-bond acceptors (Lipinski definition) is 6. The van der Waals surface area contributed by atoms with E-state index in [1.807, 2.05) is 24.1 Å². The van der Waals surface area contributed by atoms with Crippen LogP contribution >= 0.6 is 0 Å². The molecule has 3 fully saturated rings. The van der Waals surface area contributed by atoms with E-state index in [0.717, 1.165) is 58.4 Å². The van der Waals surface area contributed by atoms with E-state index in [0.29, 0.717) is 42.5 Å². The Balaban J connectivity index is 1.31. The molecule has 2 bridgehead atoms. The van der Waals surface area contributed by atoms with Gasteiger partial charge in [0.15, 0.2) is 5.82 Å². The molecule has 3 heterocycles. The normalized spacial score (nSPS) is 22.1. The topological polar surface area (TPSA) is 112 Å². The lowest BCUT2D eigenvalue weighted by Gasteiger charge is -2.27. The largest absolute Gasteiger partial charge is 0.494 e. The van der Waals surface area contributed by atoms with E-state index in [2.05, 4.69) is 33.4 Å². The molecule has 4 aromatic rings. The summed E-state index contributed by atoms with van der Waals surface area (Å²) in [5, 5.41) is 1.12. The number of hydrogen-bond donors (Lipinski definition) is 1. The molecule has 2 aromatic heterocycles. The molecule has 222 valence electrons. The number of para-hydroxylation sites is 1. The van der Waals surface area contributed by atoms with Crippen molar-refractivity contribution in [1.82, 2.24) is 19.0 Å². The van der Waals surface area contributed by atoms with Crippen LogP contribution in [-0.2, 0) is 29.9 Å². The Kier molecular flexibility index (Phi) is 6.62. The monoisotopic (exact) mass is 589 g/mol. The number of sulfone groups is 1. The zero-order chi connectivity index (χ0) is 29.3. The van der Waals surface area contributed by atoms with Gasteiger partial charge >= 0.3 is 0 Å². The summed E-state index contributed by atoms with van der Waals surface area (Å²) < 4.78 is 33.9. The first-order valence-corrected chi connectivity index (χ1v) is 17.1. The quantitative estimate of drug-likeness (QED) is 0.314. The number of piperidine rings is 1. The van der Waals surface area contributed by atoms with Gasteiger partial charge in [0.2, 0.25) is 0 Å². The van der Waals surface area contributed by atoms with Crippen molar-refractivity contribution in [3.63, 3.8) is 0 Å². The number of nitrogens with two attached hydrogens (primary N) is 1. The molecule has 9 nitrogen and oxygen atoms in total. The Morgan fingerprint density at radius 3 is 2.60 bits per heavy atom. The van der Waals surface area contributed by atoms with Crippen LogP contribution in [0, 0.1) is 11.8 Å². The van der Waals surface area contributed by atoms with Crippen LogP contribution in [0.4, 0.5) is 0 Å². The van der Waals surface area contributed by atoms with Gasteiger partial charge in [-0.15, -0.1) is 0 Å². The number of carbonyl (C=O) groups is 1. The molecule has 1 aliphatic heterocycles. The van der Waals surface area contributed by atoms with Crippen LogP contribution in [0.25, 0.3) is 33.5 Å². The van der Waals surface area contributed by atoms with Crippen molar-refractivity contribution in [2.24, 2.45) is 24.6 Å². The maximum Gasteiger partial charge on any atom is 0.254 e. The number of rotatable bonds is 9. The minimum Gasteiger partial charge on any atom is -0.494 e. The molecule has 3 aliphatic rings. The highest BCUT2D eigenvalue weighted by atomic mass is 32.2. The number of imidazole rings is 1. The first-order chi connectivity index (χ1) is 20.1. The standard InChI is InChI=1S/C32H39N5O4S/c1-35-30-24(14-23(16-27(30)41-2)32(38)37-18-22-11-12-25(37)28(22)33)34-31(35)26-15-21-7-4-6-20(8-5-13-42(3,39)40)29(21)36(26)17-19-9-10-19/h4,6-7,14-16,19,22,25,28H,5,8-13,17-18,33H2,1-3H3/t22-,25-,28-/m1/s1. The molecule has 3 atom stereocenters. The predicted molar refractivity (Wildman–Crippen MR) is 164 cm³/mol. The van der Waals surface area contributed by atoms with E-state index in [9.17, 15) is 13.2 Å². The van der Waals surface area contributed by atoms with E-state index in [-0.39, 0.29) is 23.7 Å². The van der Waals surface area contributed by atoms with Crippen molar-refractivity contribution in [3.8, 4) is 17.3 Å². The highest BCUT2D eigenvalue weighted by Crippen LogP contribution is 2.40. The summed E-state index contributed by atoms with van der Waals surface area (Å²) in [5.41, 5.74) is 11.9. The lowest BCUT2D eigenvalue weighted by molar-refractivity contribution is 0.0700. The Hall–Kier alpha value is -3.37. The van der Waals surface area contributed by atoms with Gasteiger partial charge in [0.1, 0.15) is 21.1 Å². The third-order valence-corrected chi connectivity index (χ3v) is 10.7. The van der Waals surface area contributed by atoms with Crippen LogP contribution in [0.5, 0.6) is 5.75 Å². The maximum atomic E-state index is 13.7. The van der Waals surface area contributed by atoms with E-state index in [4.69, 9.17) is 15.5 Å². The van der Waals surface area contributed by atoms with Crippen LogP contribution in [0.2, 0.25) is 0 Å². The van der Waals surface area contributed by atoms with Gasteiger partial charge in [-0.1, -0.05) is 18.2 Å². The van der Waals surface area contributed by atoms with Crippen LogP contribution < -0.4 is 10.5 Å². The number of aryl methyl sites for hydroxylation is 2. The fourth-order valence-corrected chi connectivity index (χ4v) is 8.00. The van der Waals surface area contributed by atoms with Crippen molar-refractivity contribution < 1.29 is 17.9 Å². The maximum absolute atomic E-state index is 13.7. The number of methoxy groups -OCH3 is 1. The van der Waals surface area contributed by atoms with Gasteiger partial charge in [-0.3, -0.25) is 4.79 Å². The third-order valence-electron chi connectivity index (χ3n) is 9.65. The third kappa shape index (κ3) is 4.68. The summed E-state index contributed by atoms with van der Waals surface area (Å²) in [7, 11) is 0.617. The molecule has 1 amide bonds. The average molecular weight is 590 g/mol. The van der Waals surface area contributed by atoms with Gasteiger partial charge in [0.25, 0.3) is 5.91 Å². The summed E-state index contributed by atoms with van der Waals surface area (Å²) >= 11 is 0. The predicted octanol–water partition coefficient (Wildman–Crippen LogP) is 4.15. The Labute approximate surface area is 246 Å². The van der Waals surface area contributed by atoms with E-state index in [1.165, 1.54) is 19.1 Å². The summed E-state index contributed by atoms with van der Waals surface area (Å²) in [6, 6.07) is 12.4. The number of aromatic nitrogens is 3. The number of nitrogens with zero attached hydrogens (tertiary/aromatic N) is 4. The molecule has 0 unspecified atom stereocenters. The fraction of sp³-hybridized carbons (Fsp3) is 0.500. The number of likely N-dealkylation sites (tertiary alicyclic amines) is 1. The van der Waals surface area contributed by atoms with E-state index < -0.39 is 9.84 Å². The summed E-state index contributed by atoms with van der Waals surface area (Å²) in [4.78, 5) is 20.7. The zero-order valence-corrected chi connectivity index (χ0v) is 25.4. The first-order valence-electron chi connectivity index (χ1n) is 15.0. The lowest BCUT2D eigenvalue weighted by Crippen LogP contribution is -2.41. The molecular weight excluding hydrogens is 550 g/mol. The summed E-state index contributed by atoms with van der Waals surface area (Å²) in [5.74, 6) is 2.61. The Morgan fingerprint density at radius 2 is 1.93 bits per heavy atom. The lowest BCUT2D eigenvalue weighted by atomic mass is 10.1. The SMILES string of the molecule is COc1cc(C(=O)N2C[C@H]3CC[C@@H]2[C@@H]3N)cc2nc(-c3cc4cccc(CCCS(C)(=O)=O)c4n3CC3CC3)n(C)c12. The highest BCUT2D eigenvalue weighted by Gasteiger charge is 2.47. The van der Waals surface area contributed by atoms with Crippen LogP contribution in [0.15, 0.2) is 36.4 Å².